The van der Waals surface area contributed by atoms with Crippen LogP contribution in [0.5, 0.6) is 17.2 Å². The van der Waals surface area contributed by atoms with Gasteiger partial charge in [-0.25, -0.2) is 0 Å². The number of ether oxygens (including phenoxy) is 3. The van der Waals surface area contributed by atoms with Crippen molar-refractivity contribution in [3.05, 3.63) is 88.4 Å². The van der Waals surface area contributed by atoms with E-state index in [1.54, 1.807) is 0 Å². The molecule has 0 radical (unpaired) electrons. The third-order valence-corrected chi connectivity index (χ3v) is 4.54. The fraction of sp³-hybridized carbons (Fsp3) is 0.0870. The SMILES string of the molecule is N#C/C(=C/c1cccc(OCc2ccc(Cl)cc2)c1)c1ccc2c(c1)OCO2. The Morgan fingerprint density at radius 3 is 2.68 bits per heavy atom. The quantitative estimate of drug-likeness (QED) is 0.414. The van der Waals surface area contributed by atoms with Crippen molar-refractivity contribution >= 4 is 23.3 Å². The van der Waals surface area contributed by atoms with Crippen LogP contribution < -0.4 is 14.2 Å². The molecule has 0 saturated heterocycles. The molecule has 0 spiro atoms. The minimum atomic E-state index is 0.206. The third-order valence-electron chi connectivity index (χ3n) is 4.29. The van der Waals surface area contributed by atoms with Crippen molar-refractivity contribution in [3.8, 4) is 23.3 Å². The van der Waals surface area contributed by atoms with Gasteiger partial charge in [-0.15, -0.1) is 0 Å². The maximum absolute atomic E-state index is 9.60. The number of fused-ring (bicyclic) bond motifs is 1. The van der Waals surface area contributed by atoms with Gasteiger partial charge in [0.25, 0.3) is 0 Å². The van der Waals surface area contributed by atoms with E-state index in [0.29, 0.717) is 28.7 Å². The van der Waals surface area contributed by atoms with Crippen LogP contribution in [-0.2, 0) is 6.61 Å². The van der Waals surface area contributed by atoms with Gasteiger partial charge in [-0.2, -0.15) is 5.26 Å². The van der Waals surface area contributed by atoms with Crippen molar-refractivity contribution in [2.24, 2.45) is 0 Å². The maximum Gasteiger partial charge on any atom is 0.231 e. The average molecular weight is 390 g/mol. The first-order chi connectivity index (χ1) is 13.7. The van der Waals surface area contributed by atoms with E-state index in [1.807, 2.05) is 72.8 Å². The van der Waals surface area contributed by atoms with Crippen molar-refractivity contribution in [1.82, 2.24) is 0 Å². The number of allylic oxidation sites excluding steroid dienone is 1. The van der Waals surface area contributed by atoms with Crippen LogP contribution in [0.1, 0.15) is 16.7 Å². The Bertz CT molecular complexity index is 1070. The molecule has 3 aromatic rings. The molecule has 4 nitrogen and oxygen atoms in total. The normalized spacial score (nSPS) is 12.5. The zero-order valence-electron chi connectivity index (χ0n) is 14.9. The number of rotatable bonds is 5. The Morgan fingerprint density at radius 1 is 1.04 bits per heavy atom. The summed E-state index contributed by atoms with van der Waals surface area (Å²) in [7, 11) is 0. The van der Waals surface area contributed by atoms with Gasteiger partial charge in [0.15, 0.2) is 11.5 Å². The van der Waals surface area contributed by atoms with Gasteiger partial charge in [-0.3, -0.25) is 0 Å². The monoisotopic (exact) mass is 389 g/mol. The van der Waals surface area contributed by atoms with Crippen LogP contribution in [0.15, 0.2) is 66.7 Å². The third kappa shape index (κ3) is 4.11. The van der Waals surface area contributed by atoms with Crippen LogP contribution in [0.4, 0.5) is 0 Å². The molecule has 0 amide bonds. The molecule has 0 saturated carbocycles. The summed E-state index contributed by atoms with van der Waals surface area (Å²) in [5.41, 5.74) is 3.22. The smallest absolute Gasteiger partial charge is 0.231 e. The number of nitrogens with zero attached hydrogens (tertiary/aromatic N) is 1. The van der Waals surface area contributed by atoms with Gasteiger partial charge in [0.05, 0.1) is 11.6 Å². The topological polar surface area (TPSA) is 51.5 Å². The summed E-state index contributed by atoms with van der Waals surface area (Å²) < 4.78 is 16.6. The summed E-state index contributed by atoms with van der Waals surface area (Å²) >= 11 is 5.91. The lowest BCUT2D eigenvalue weighted by Crippen LogP contribution is -1.95. The fourth-order valence-electron chi connectivity index (χ4n) is 2.85. The molecule has 1 aliphatic heterocycles. The molecule has 1 heterocycles. The standard InChI is InChI=1S/C23H16ClNO3/c24-20-7-4-16(5-8-20)14-26-21-3-1-2-17(11-21)10-19(13-25)18-6-9-22-23(12-18)28-15-27-22/h1-12H,14-15H2/b19-10-. The first-order valence-corrected chi connectivity index (χ1v) is 9.08. The van der Waals surface area contributed by atoms with Crippen LogP contribution in [0.2, 0.25) is 5.02 Å². The number of benzene rings is 3. The van der Waals surface area contributed by atoms with Crippen LogP contribution in [0, 0.1) is 11.3 Å². The largest absolute Gasteiger partial charge is 0.489 e. The second-order valence-corrected chi connectivity index (χ2v) is 6.66. The zero-order chi connectivity index (χ0) is 19.3. The molecule has 0 fully saturated rings. The summed E-state index contributed by atoms with van der Waals surface area (Å²) in [6.07, 6.45) is 1.83. The molecular weight excluding hydrogens is 374 g/mol. The number of halogens is 1. The number of hydrogen-bond acceptors (Lipinski definition) is 4. The van der Waals surface area contributed by atoms with Gasteiger partial charge in [0.2, 0.25) is 6.79 Å². The highest BCUT2D eigenvalue weighted by Gasteiger charge is 2.14. The Hall–Kier alpha value is -3.42. The van der Waals surface area contributed by atoms with Crippen LogP contribution in [0.25, 0.3) is 11.6 Å². The molecule has 5 heteroatoms. The van der Waals surface area contributed by atoms with E-state index in [1.165, 1.54) is 0 Å². The summed E-state index contributed by atoms with van der Waals surface area (Å²) in [6.45, 7) is 0.648. The van der Waals surface area contributed by atoms with E-state index in [0.717, 1.165) is 22.4 Å². The fourth-order valence-corrected chi connectivity index (χ4v) is 2.98. The van der Waals surface area contributed by atoms with Gasteiger partial charge in [-0.05, 0) is 65.2 Å². The van der Waals surface area contributed by atoms with E-state index in [9.17, 15) is 5.26 Å². The highest BCUT2D eigenvalue weighted by Crippen LogP contribution is 2.34. The molecule has 0 bridgehead atoms. The number of nitriles is 1. The summed E-state index contributed by atoms with van der Waals surface area (Å²) in [4.78, 5) is 0. The average Bonchev–Trinajstić information content (AvgIpc) is 3.20. The number of hydrogen-bond donors (Lipinski definition) is 0. The lowest BCUT2D eigenvalue weighted by atomic mass is 10.0. The van der Waals surface area contributed by atoms with Crippen LogP contribution in [0.3, 0.4) is 0 Å². The molecule has 3 aromatic carbocycles. The van der Waals surface area contributed by atoms with Gasteiger partial charge in [-0.1, -0.05) is 35.9 Å². The maximum atomic E-state index is 9.60. The van der Waals surface area contributed by atoms with Crippen molar-refractivity contribution in [2.45, 2.75) is 6.61 Å². The van der Waals surface area contributed by atoms with Gasteiger partial charge >= 0.3 is 0 Å². The highest BCUT2D eigenvalue weighted by atomic mass is 35.5. The minimum Gasteiger partial charge on any atom is -0.489 e. The molecule has 0 N–H and O–H groups in total. The lowest BCUT2D eigenvalue weighted by molar-refractivity contribution is 0.174. The van der Waals surface area contributed by atoms with Crippen LogP contribution in [-0.4, -0.2) is 6.79 Å². The zero-order valence-corrected chi connectivity index (χ0v) is 15.6. The molecule has 4 rings (SSSR count). The Morgan fingerprint density at radius 2 is 1.86 bits per heavy atom. The van der Waals surface area contributed by atoms with Gasteiger partial charge in [0, 0.05) is 5.02 Å². The predicted octanol–water partition coefficient (Wildman–Crippen LogP) is 5.71. The first kappa shape index (κ1) is 18.0. The van der Waals surface area contributed by atoms with Crippen molar-refractivity contribution in [2.75, 3.05) is 6.79 Å². The molecule has 0 aromatic heterocycles. The van der Waals surface area contributed by atoms with E-state index in [2.05, 4.69) is 6.07 Å². The first-order valence-electron chi connectivity index (χ1n) is 8.70. The van der Waals surface area contributed by atoms with Crippen molar-refractivity contribution in [1.29, 1.82) is 5.26 Å². The minimum absolute atomic E-state index is 0.206. The summed E-state index contributed by atoms with van der Waals surface area (Å²) in [5, 5.41) is 10.3. The predicted molar refractivity (Wildman–Crippen MR) is 108 cm³/mol. The van der Waals surface area contributed by atoms with E-state index < -0.39 is 0 Å². The Kier molecular flexibility index (Phi) is 5.18. The molecule has 0 atom stereocenters. The van der Waals surface area contributed by atoms with Crippen molar-refractivity contribution < 1.29 is 14.2 Å². The van der Waals surface area contributed by atoms with Crippen molar-refractivity contribution in [3.63, 3.8) is 0 Å². The van der Waals surface area contributed by atoms with Gasteiger partial charge in [0.1, 0.15) is 12.4 Å². The van der Waals surface area contributed by atoms with E-state index >= 15 is 0 Å². The molecule has 1 aliphatic rings. The Labute approximate surface area is 168 Å². The second-order valence-electron chi connectivity index (χ2n) is 6.23. The molecule has 0 aliphatic carbocycles. The second kappa shape index (κ2) is 8.08. The van der Waals surface area contributed by atoms with Crippen LogP contribution >= 0.6 is 11.6 Å². The lowest BCUT2D eigenvalue weighted by Gasteiger charge is -2.08. The van der Waals surface area contributed by atoms with E-state index in [4.69, 9.17) is 25.8 Å². The van der Waals surface area contributed by atoms with E-state index in [-0.39, 0.29) is 6.79 Å². The molecule has 138 valence electrons. The molecular formula is C23H16ClNO3. The highest BCUT2D eigenvalue weighted by molar-refractivity contribution is 6.30. The molecule has 28 heavy (non-hydrogen) atoms. The van der Waals surface area contributed by atoms with Gasteiger partial charge < -0.3 is 14.2 Å². The summed E-state index contributed by atoms with van der Waals surface area (Å²) in [5.74, 6) is 2.07. The molecule has 0 unspecified atom stereocenters. The Balaban J connectivity index is 1.52. The summed E-state index contributed by atoms with van der Waals surface area (Å²) in [6, 6.07) is 22.9.